The summed E-state index contributed by atoms with van der Waals surface area (Å²) in [6, 6.07) is 0.0395. The number of rotatable bonds is 1. The number of nitrogens with one attached hydrogen (secondary N) is 1. The second-order valence-corrected chi connectivity index (χ2v) is 7.26. The average molecular weight is 291 g/mol. The van der Waals surface area contributed by atoms with Crippen molar-refractivity contribution in [3.63, 3.8) is 0 Å². The summed E-state index contributed by atoms with van der Waals surface area (Å²) in [4.78, 5) is 22.4. The quantitative estimate of drug-likeness (QED) is 0.861. The van der Waals surface area contributed by atoms with Crippen molar-refractivity contribution >= 4 is 6.09 Å². The van der Waals surface area contributed by atoms with E-state index in [9.17, 15) is 4.79 Å². The van der Waals surface area contributed by atoms with E-state index in [0.29, 0.717) is 5.92 Å². The van der Waals surface area contributed by atoms with Crippen molar-refractivity contribution in [2.45, 2.75) is 70.9 Å². The third-order valence-electron chi connectivity index (χ3n) is 4.32. The second kappa shape index (κ2) is 5.04. The van der Waals surface area contributed by atoms with Gasteiger partial charge in [-0.1, -0.05) is 6.92 Å². The van der Waals surface area contributed by atoms with Gasteiger partial charge in [0, 0.05) is 18.2 Å². The van der Waals surface area contributed by atoms with Crippen LogP contribution in [0.25, 0.3) is 0 Å². The normalized spacial score (nSPS) is 25.2. The third-order valence-corrected chi connectivity index (χ3v) is 4.32. The number of carbonyl (C=O) groups excluding carboxylic acids is 1. The van der Waals surface area contributed by atoms with E-state index >= 15 is 0 Å². The number of likely N-dealkylation sites (tertiary alicyclic amines) is 1. The molecule has 0 radical (unpaired) electrons. The lowest BCUT2D eigenvalue weighted by Gasteiger charge is -2.27. The Bertz CT molecular complexity index is 544. The number of H-pyrrole nitrogens is 1. The number of aryl methyl sites for hydroxylation is 1. The van der Waals surface area contributed by atoms with Crippen LogP contribution in [0.1, 0.15) is 76.1 Å². The molecule has 2 atom stereocenters. The van der Waals surface area contributed by atoms with Crippen LogP contribution in [-0.4, -0.2) is 33.1 Å². The minimum Gasteiger partial charge on any atom is -0.444 e. The molecule has 2 unspecified atom stereocenters. The highest BCUT2D eigenvalue weighted by molar-refractivity contribution is 5.69. The van der Waals surface area contributed by atoms with Crippen LogP contribution in [0.3, 0.4) is 0 Å². The second-order valence-electron chi connectivity index (χ2n) is 7.26. The maximum absolute atomic E-state index is 12.3. The van der Waals surface area contributed by atoms with E-state index in [1.165, 1.54) is 17.8 Å². The Morgan fingerprint density at radius 1 is 1.38 bits per heavy atom. The summed E-state index contributed by atoms with van der Waals surface area (Å²) in [5.74, 6) is 1.47. The summed E-state index contributed by atoms with van der Waals surface area (Å²) in [7, 11) is 0. The van der Waals surface area contributed by atoms with E-state index in [0.717, 1.165) is 31.6 Å². The number of ether oxygens (including phenoxy) is 1. The van der Waals surface area contributed by atoms with Crippen LogP contribution >= 0.6 is 0 Å². The highest BCUT2D eigenvalue weighted by Gasteiger charge is 2.36. The van der Waals surface area contributed by atoms with E-state index < -0.39 is 5.60 Å². The van der Waals surface area contributed by atoms with Crippen LogP contribution in [0.4, 0.5) is 4.79 Å². The van der Waals surface area contributed by atoms with Gasteiger partial charge in [0.05, 0.1) is 11.7 Å². The first-order valence-electron chi connectivity index (χ1n) is 7.93. The molecule has 0 bridgehead atoms. The fraction of sp³-hybridized carbons (Fsp3) is 0.750. The number of nitrogens with zero attached hydrogens (tertiary/aromatic N) is 2. The largest absolute Gasteiger partial charge is 0.444 e. The van der Waals surface area contributed by atoms with Crippen LogP contribution in [0, 0.1) is 0 Å². The Labute approximate surface area is 126 Å². The van der Waals surface area contributed by atoms with Crippen LogP contribution in [0.5, 0.6) is 0 Å². The van der Waals surface area contributed by atoms with Crippen molar-refractivity contribution in [1.29, 1.82) is 0 Å². The smallest absolute Gasteiger partial charge is 0.410 e. The van der Waals surface area contributed by atoms with Gasteiger partial charge in [-0.25, -0.2) is 9.78 Å². The lowest BCUT2D eigenvalue weighted by Crippen LogP contribution is -2.36. The molecule has 2 aliphatic rings. The molecular weight excluding hydrogens is 266 g/mol. The molecule has 21 heavy (non-hydrogen) atoms. The van der Waals surface area contributed by atoms with Crippen molar-refractivity contribution in [1.82, 2.24) is 14.9 Å². The first-order valence-corrected chi connectivity index (χ1v) is 7.93. The Morgan fingerprint density at radius 3 is 2.81 bits per heavy atom. The number of amides is 1. The Kier molecular flexibility index (Phi) is 3.46. The van der Waals surface area contributed by atoms with Gasteiger partial charge in [0.25, 0.3) is 0 Å². The Balaban J connectivity index is 1.78. The van der Waals surface area contributed by atoms with Crippen molar-refractivity contribution in [2.24, 2.45) is 0 Å². The number of imidazole rings is 1. The third kappa shape index (κ3) is 2.78. The van der Waals surface area contributed by atoms with Gasteiger partial charge in [-0.15, -0.1) is 0 Å². The Hall–Kier alpha value is -1.52. The standard InChI is InChI=1S/C16H25N3O2/c1-10-7-8-11-13(10)18-14(17-11)12-6-5-9-19(12)15(20)21-16(2,3)4/h10,12H,5-9H2,1-4H3,(H,17,18). The highest BCUT2D eigenvalue weighted by Crippen LogP contribution is 2.36. The van der Waals surface area contributed by atoms with E-state index in [4.69, 9.17) is 9.72 Å². The van der Waals surface area contributed by atoms with E-state index in [1.54, 1.807) is 0 Å². The summed E-state index contributed by atoms with van der Waals surface area (Å²) in [6.07, 6.45) is 3.98. The molecule has 0 saturated carbocycles. The summed E-state index contributed by atoms with van der Waals surface area (Å²) >= 11 is 0. The summed E-state index contributed by atoms with van der Waals surface area (Å²) in [5, 5.41) is 0. The molecule has 1 fully saturated rings. The molecule has 1 N–H and O–H groups in total. The van der Waals surface area contributed by atoms with E-state index in [2.05, 4.69) is 11.9 Å². The predicted molar refractivity (Wildman–Crippen MR) is 80.2 cm³/mol. The molecule has 1 aliphatic carbocycles. The molecule has 1 saturated heterocycles. The SMILES string of the molecule is CC1CCc2[nH]c(C3CCCN3C(=O)OC(C)(C)C)nc21. The fourth-order valence-electron chi connectivity index (χ4n) is 3.29. The van der Waals surface area contributed by atoms with Crippen molar-refractivity contribution in [3.05, 3.63) is 17.2 Å². The van der Waals surface area contributed by atoms with E-state index in [1.807, 2.05) is 25.7 Å². The zero-order chi connectivity index (χ0) is 15.2. The summed E-state index contributed by atoms with van der Waals surface area (Å²) in [6.45, 7) is 8.68. The van der Waals surface area contributed by atoms with Gasteiger partial charge in [0.15, 0.2) is 0 Å². The molecule has 1 aromatic rings. The summed E-state index contributed by atoms with van der Waals surface area (Å²) in [5.41, 5.74) is 2.00. The van der Waals surface area contributed by atoms with Gasteiger partial charge in [0.1, 0.15) is 11.4 Å². The van der Waals surface area contributed by atoms with Crippen molar-refractivity contribution < 1.29 is 9.53 Å². The molecule has 0 spiro atoms. The number of carbonyl (C=O) groups is 1. The van der Waals surface area contributed by atoms with E-state index in [-0.39, 0.29) is 12.1 Å². The minimum atomic E-state index is -0.455. The lowest BCUT2D eigenvalue weighted by molar-refractivity contribution is 0.0218. The zero-order valence-electron chi connectivity index (χ0n) is 13.4. The average Bonchev–Trinajstić information content (AvgIpc) is 3.03. The monoisotopic (exact) mass is 291 g/mol. The molecule has 1 aliphatic heterocycles. The van der Waals surface area contributed by atoms with Crippen molar-refractivity contribution in [3.8, 4) is 0 Å². The molecule has 3 rings (SSSR count). The molecule has 116 valence electrons. The van der Waals surface area contributed by atoms with Gasteiger partial charge >= 0.3 is 6.09 Å². The molecule has 5 heteroatoms. The van der Waals surface area contributed by atoms with Gasteiger partial charge in [0.2, 0.25) is 0 Å². The molecule has 5 nitrogen and oxygen atoms in total. The maximum Gasteiger partial charge on any atom is 0.410 e. The number of fused-ring (bicyclic) bond motifs is 1. The molecule has 0 aromatic carbocycles. The fourth-order valence-corrected chi connectivity index (χ4v) is 3.29. The Morgan fingerprint density at radius 2 is 2.14 bits per heavy atom. The molecular formula is C16H25N3O2. The summed E-state index contributed by atoms with van der Waals surface area (Å²) < 4.78 is 5.52. The maximum atomic E-state index is 12.3. The van der Waals surface area contributed by atoms with Gasteiger partial charge in [-0.2, -0.15) is 0 Å². The van der Waals surface area contributed by atoms with Gasteiger partial charge in [-0.3, -0.25) is 4.90 Å². The minimum absolute atomic E-state index is 0.0395. The molecule has 1 aromatic heterocycles. The number of hydrogen-bond acceptors (Lipinski definition) is 3. The first kappa shape index (κ1) is 14.4. The van der Waals surface area contributed by atoms with Crippen LogP contribution in [0.15, 0.2) is 0 Å². The topological polar surface area (TPSA) is 58.2 Å². The highest BCUT2D eigenvalue weighted by atomic mass is 16.6. The number of aromatic nitrogens is 2. The predicted octanol–water partition coefficient (Wildman–Crippen LogP) is 3.53. The van der Waals surface area contributed by atoms with Crippen LogP contribution in [0.2, 0.25) is 0 Å². The van der Waals surface area contributed by atoms with Gasteiger partial charge < -0.3 is 9.72 Å². The zero-order valence-corrected chi connectivity index (χ0v) is 13.4. The van der Waals surface area contributed by atoms with Crippen LogP contribution in [-0.2, 0) is 11.2 Å². The number of hydrogen-bond donors (Lipinski definition) is 1. The van der Waals surface area contributed by atoms with Crippen molar-refractivity contribution in [2.75, 3.05) is 6.54 Å². The lowest BCUT2D eigenvalue weighted by atomic mass is 10.1. The molecule has 2 heterocycles. The number of aromatic amines is 1. The molecule has 1 amide bonds. The van der Waals surface area contributed by atoms with Gasteiger partial charge in [-0.05, 0) is 46.5 Å². The van der Waals surface area contributed by atoms with Crippen LogP contribution < -0.4 is 0 Å². The first-order chi connectivity index (χ1) is 9.85.